The SMILES string of the molecule is C[C@H]1CN(C(=O)CCc2ccc(S(=O)(=O)N3CCOCC3)cc2)C[C@H](C)O1. The van der Waals surface area contributed by atoms with Gasteiger partial charge in [0.25, 0.3) is 0 Å². The number of hydrogen-bond acceptors (Lipinski definition) is 5. The lowest BCUT2D eigenvalue weighted by atomic mass is 10.1. The van der Waals surface area contributed by atoms with E-state index in [9.17, 15) is 13.2 Å². The molecule has 2 fully saturated rings. The summed E-state index contributed by atoms with van der Waals surface area (Å²) in [5.41, 5.74) is 0.957. The first kappa shape index (κ1) is 20.3. The molecule has 0 unspecified atom stereocenters. The maximum atomic E-state index is 12.6. The molecule has 0 aromatic heterocycles. The molecule has 2 heterocycles. The van der Waals surface area contributed by atoms with Gasteiger partial charge in [-0.1, -0.05) is 12.1 Å². The van der Waals surface area contributed by atoms with Crippen LogP contribution in [0.15, 0.2) is 29.2 Å². The third-order valence-corrected chi connectivity index (χ3v) is 6.84. The second kappa shape index (κ2) is 8.68. The smallest absolute Gasteiger partial charge is 0.243 e. The van der Waals surface area contributed by atoms with Crippen LogP contribution in [0, 0.1) is 0 Å². The minimum atomic E-state index is -3.48. The Bertz CT molecular complexity index is 734. The van der Waals surface area contributed by atoms with E-state index in [0.29, 0.717) is 52.2 Å². The number of aryl methyl sites for hydroxylation is 1. The normalized spacial score (nSPS) is 24.7. The number of ether oxygens (including phenoxy) is 2. The lowest BCUT2D eigenvalue weighted by molar-refractivity contribution is -0.143. The van der Waals surface area contributed by atoms with Crippen LogP contribution in [0.3, 0.4) is 0 Å². The van der Waals surface area contributed by atoms with Gasteiger partial charge in [-0.2, -0.15) is 4.31 Å². The molecular formula is C19H28N2O5S. The van der Waals surface area contributed by atoms with Crippen molar-refractivity contribution < 1.29 is 22.7 Å². The van der Waals surface area contributed by atoms with E-state index in [0.717, 1.165) is 5.56 Å². The molecule has 1 aromatic rings. The van der Waals surface area contributed by atoms with E-state index in [1.165, 1.54) is 4.31 Å². The fraction of sp³-hybridized carbons (Fsp3) is 0.632. The zero-order valence-corrected chi connectivity index (χ0v) is 16.8. The summed E-state index contributed by atoms with van der Waals surface area (Å²) in [6, 6.07) is 6.85. The Balaban J connectivity index is 1.57. The van der Waals surface area contributed by atoms with E-state index in [2.05, 4.69) is 0 Å². The van der Waals surface area contributed by atoms with Gasteiger partial charge in [-0.25, -0.2) is 8.42 Å². The predicted molar refractivity (Wildman–Crippen MR) is 101 cm³/mol. The molecule has 0 spiro atoms. The average molecular weight is 397 g/mol. The molecule has 8 heteroatoms. The highest BCUT2D eigenvalue weighted by Gasteiger charge is 2.27. The number of carbonyl (C=O) groups excluding carboxylic acids is 1. The molecule has 7 nitrogen and oxygen atoms in total. The van der Waals surface area contributed by atoms with Crippen molar-refractivity contribution in [3.63, 3.8) is 0 Å². The number of rotatable bonds is 5. The van der Waals surface area contributed by atoms with Gasteiger partial charge >= 0.3 is 0 Å². The molecule has 2 atom stereocenters. The Kier molecular flexibility index (Phi) is 6.52. The molecule has 2 saturated heterocycles. The number of sulfonamides is 1. The van der Waals surface area contributed by atoms with E-state index >= 15 is 0 Å². The van der Waals surface area contributed by atoms with E-state index in [1.54, 1.807) is 24.3 Å². The van der Waals surface area contributed by atoms with Crippen molar-refractivity contribution in [3.05, 3.63) is 29.8 Å². The summed E-state index contributed by atoms with van der Waals surface area (Å²) < 4.78 is 37.6. The monoisotopic (exact) mass is 396 g/mol. The van der Waals surface area contributed by atoms with Crippen molar-refractivity contribution in [2.45, 2.75) is 43.8 Å². The molecule has 0 saturated carbocycles. The van der Waals surface area contributed by atoms with Crippen molar-refractivity contribution in [2.24, 2.45) is 0 Å². The Morgan fingerprint density at radius 2 is 1.67 bits per heavy atom. The van der Waals surface area contributed by atoms with E-state index < -0.39 is 10.0 Å². The lowest BCUT2D eigenvalue weighted by Gasteiger charge is -2.35. The third kappa shape index (κ3) is 5.07. The van der Waals surface area contributed by atoms with Crippen LogP contribution in [0.2, 0.25) is 0 Å². The van der Waals surface area contributed by atoms with E-state index in [4.69, 9.17) is 9.47 Å². The summed E-state index contributed by atoms with van der Waals surface area (Å²) in [6.07, 6.45) is 1.12. The number of nitrogens with zero attached hydrogens (tertiary/aromatic N) is 2. The topological polar surface area (TPSA) is 76.2 Å². The first-order valence-corrected chi connectivity index (χ1v) is 10.9. The van der Waals surface area contributed by atoms with Gasteiger partial charge in [-0.15, -0.1) is 0 Å². The van der Waals surface area contributed by atoms with Gasteiger partial charge in [0.15, 0.2) is 0 Å². The predicted octanol–water partition coefficient (Wildman–Crippen LogP) is 1.28. The Labute approximate surface area is 161 Å². The molecule has 2 aliphatic rings. The van der Waals surface area contributed by atoms with Gasteiger partial charge in [-0.05, 0) is 38.0 Å². The van der Waals surface area contributed by atoms with Gasteiger partial charge in [-0.3, -0.25) is 4.79 Å². The largest absolute Gasteiger partial charge is 0.379 e. The molecule has 150 valence electrons. The Morgan fingerprint density at radius 3 is 2.26 bits per heavy atom. The van der Waals surface area contributed by atoms with Crippen LogP contribution in [0.4, 0.5) is 0 Å². The summed E-state index contributed by atoms with van der Waals surface area (Å²) in [5.74, 6) is 0.113. The summed E-state index contributed by atoms with van der Waals surface area (Å²) in [7, 11) is -3.48. The third-order valence-electron chi connectivity index (χ3n) is 4.93. The Hall–Kier alpha value is -1.48. The van der Waals surface area contributed by atoms with Crippen LogP contribution in [-0.2, 0) is 30.7 Å². The second-order valence-electron chi connectivity index (χ2n) is 7.22. The summed E-state index contributed by atoms with van der Waals surface area (Å²) in [4.78, 5) is 14.6. The van der Waals surface area contributed by atoms with Crippen LogP contribution in [0.25, 0.3) is 0 Å². The average Bonchev–Trinajstić information content (AvgIpc) is 2.66. The van der Waals surface area contributed by atoms with Crippen LogP contribution >= 0.6 is 0 Å². The highest BCUT2D eigenvalue weighted by atomic mass is 32.2. The number of carbonyl (C=O) groups is 1. The fourth-order valence-electron chi connectivity index (χ4n) is 3.56. The molecular weight excluding hydrogens is 368 g/mol. The van der Waals surface area contributed by atoms with Gasteiger partial charge in [0, 0.05) is 32.6 Å². The quantitative estimate of drug-likeness (QED) is 0.749. The molecule has 27 heavy (non-hydrogen) atoms. The molecule has 0 N–H and O–H groups in total. The van der Waals surface area contributed by atoms with Gasteiger partial charge in [0.05, 0.1) is 30.3 Å². The number of morpholine rings is 2. The molecule has 0 aliphatic carbocycles. The molecule has 3 rings (SSSR count). The zero-order chi connectivity index (χ0) is 19.4. The van der Waals surface area contributed by atoms with Crippen LogP contribution < -0.4 is 0 Å². The van der Waals surface area contributed by atoms with Crippen molar-refractivity contribution in [1.82, 2.24) is 9.21 Å². The minimum absolute atomic E-state index is 0.0578. The van der Waals surface area contributed by atoms with Crippen molar-refractivity contribution in [3.8, 4) is 0 Å². The molecule has 1 aromatic carbocycles. The zero-order valence-electron chi connectivity index (χ0n) is 16.0. The van der Waals surface area contributed by atoms with Gasteiger partial charge in [0.1, 0.15) is 0 Å². The standard InChI is InChI=1S/C19H28N2O5S/c1-15-13-20(14-16(2)26-15)19(22)8-5-17-3-6-18(7-4-17)27(23,24)21-9-11-25-12-10-21/h3-4,6-7,15-16H,5,8-14H2,1-2H3/t15-,16-/m0/s1. The highest BCUT2D eigenvalue weighted by Crippen LogP contribution is 2.19. The van der Waals surface area contributed by atoms with Gasteiger partial charge in [0.2, 0.25) is 15.9 Å². The van der Waals surface area contributed by atoms with Crippen LogP contribution in [0.1, 0.15) is 25.8 Å². The fourth-order valence-corrected chi connectivity index (χ4v) is 4.96. The molecule has 0 radical (unpaired) electrons. The Morgan fingerprint density at radius 1 is 1.07 bits per heavy atom. The molecule has 0 bridgehead atoms. The van der Waals surface area contributed by atoms with Crippen molar-refractivity contribution >= 4 is 15.9 Å². The first-order valence-electron chi connectivity index (χ1n) is 9.46. The van der Waals surface area contributed by atoms with Gasteiger partial charge < -0.3 is 14.4 Å². The second-order valence-corrected chi connectivity index (χ2v) is 9.15. The van der Waals surface area contributed by atoms with Crippen LogP contribution in [-0.4, -0.2) is 75.1 Å². The number of amides is 1. The summed E-state index contributed by atoms with van der Waals surface area (Å²) in [6.45, 7) is 6.83. The minimum Gasteiger partial charge on any atom is -0.379 e. The summed E-state index contributed by atoms with van der Waals surface area (Å²) >= 11 is 0. The highest BCUT2D eigenvalue weighted by molar-refractivity contribution is 7.89. The van der Waals surface area contributed by atoms with E-state index in [-0.39, 0.29) is 23.0 Å². The first-order chi connectivity index (χ1) is 12.9. The maximum Gasteiger partial charge on any atom is 0.243 e. The summed E-state index contributed by atoms with van der Waals surface area (Å²) in [5, 5.41) is 0. The number of hydrogen-bond donors (Lipinski definition) is 0. The van der Waals surface area contributed by atoms with Crippen molar-refractivity contribution in [2.75, 3.05) is 39.4 Å². The maximum absolute atomic E-state index is 12.6. The lowest BCUT2D eigenvalue weighted by Crippen LogP contribution is -2.48. The molecule has 1 amide bonds. The van der Waals surface area contributed by atoms with Crippen LogP contribution in [0.5, 0.6) is 0 Å². The molecule has 2 aliphatic heterocycles. The van der Waals surface area contributed by atoms with Crippen molar-refractivity contribution in [1.29, 1.82) is 0 Å². The number of benzene rings is 1. The van der Waals surface area contributed by atoms with E-state index in [1.807, 2.05) is 18.7 Å².